The summed E-state index contributed by atoms with van der Waals surface area (Å²) in [7, 11) is 10.6. The first kappa shape index (κ1) is 21.9. The van der Waals surface area contributed by atoms with Crippen LogP contribution in [-0.2, 0) is 33.3 Å². The van der Waals surface area contributed by atoms with Gasteiger partial charge in [-0.1, -0.05) is 6.92 Å². The van der Waals surface area contributed by atoms with E-state index in [-0.39, 0.29) is 31.0 Å². The zero-order chi connectivity index (χ0) is 18.8. The van der Waals surface area contributed by atoms with Crippen LogP contribution in [0, 0.1) is 0 Å². The van der Waals surface area contributed by atoms with Crippen molar-refractivity contribution in [3.8, 4) is 0 Å². The molecule has 0 spiro atoms. The van der Waals surface area contributed by atoms with Gasteiger partial charge in [-0.3, -0.25) is 9.59 Å². The second-order valence-electron chi connectivity index (χ2n) is 5.81. The van der Waals surface area contributed by atoms with Crippen LogP contribution >= 0.6 is 0 Å². The normalized spacial score (nSPS) is 26.0. The summed E-state index contributed by atoms with van der Waals surface area (Å²) in [6, 6.07) is -0.724. The second kappa shape index (κ2) is 11.5. The van der Waals surface area contributed by atoms with Crippen molar-refractivity contribution in [2.45, 2.75) is 56.6 Å². The first-order chi connectivity index (χ1) is 12.0. The average molecular weight is 357 g/mol. The molecule has 0 aromatic heterocycles. The van der Waals surface area contributed by atoms with E-state index in [1.165, 1.54) is 7.05 Å². The Kier molecular flexibility index (Phi) is 10.0. The quantitative estimate of drug-likeness (QED) is 0.404. The molecule has 1 saturated heterocycles. The summed E-state index contributed by atoms with van der Waals surface area (Å²) in [5.41, 5.74) is 0. The number of hydrogen-bond acceptors (Lipinski definition) is 7. The number of esters is 1. The maximum absolute atomic E-state index is 12.1. The fourth-order valence-corrected chi connectivity index (χ4v) is 2.65. The Morgan fingerprint density at radius 2 is 1.80 bits per heavy atom. The standard InChI is InChI=1S/C16H28BNO7/c1-5-11-14(25-13(20)7-6-12(19)18-2)15(16(17)24-11)23-10(8-21-3)9-22-4/h10-11,14-16H,5-9H2,1-4H3,(H,18,19)/t11-,14?,15+,16-/m1/s1. The highest BCUT2D eigenvalue weighted by Crippen LogP contribution is 2.28. The van der Waals surface area contributed by atoms with E-state index < -0.39 is 24.2 Å². The van der Waals surface area contributed by atoms with E-state index >= 15 is 0 Å². The molecule has 0 saturated carbocycles. The van der Waals surface area contributed by atoms with Crippen LogP contribution in [0.2, 0.25) is 0 Å². The van der Waals surface area contributed by atoms with Gasteiger partial charge in [-0.15, -0.1) is 0 Å². The lowest BCUT2D eigenvalue weighted by Gasteiger charge is -2.27. The molecule has 1 unspecified atom stereocenters. The largest absolute Gasteiger partial charge is 0.457 e. The summed E-state index contributed by atoms with van der Waals surface area (Å²) in [6.07, 6.45) is -1.36. The number of carbonyl (C=O) groups excluding carboxylic acids is 2. The molecule has 1 heterocycles. The Bertz CT molecular complexity index is 417. The van der Waals surface area contributed by atoms with Crippen molar-refractivity contribution >= 4 is 19.7 Å². The molecule has 9 heteroatoms. The number of methoxy groups -OCH3 is 2. The van der Waals surface area contributed by atoms with Crippen LogP contribution in [0.5, 0.6) is 0 Å². The van der Waals surface area contributed by atoms with Crippen molar-refractivity contribution in [3.05, 3.63) is 0 Å². The highest BCUT2D eigenvalue weighted by atomic mass is 16.6. The SMILES string of the molecule is [B][C@@H]1O[C@H](CC)C(OC(=O)CCC(=O)NC)[C@@H]1OC(COC)COC. The van der Waals surface area contributed by atoms with Gasteiger partial charge in [0.1, 0.15) is 20.1 Å². The number of nitrogens with one attached hydrogen (secondary N) is 1. The van der Waals surface area contributed by atoms with Gasteiger partial charge < -0.3 is 29.0 Å². The van der Waals surface area contributed by atoms with E-state index in [0.717, 1.165) is 0 Å². The third-order valence-electron chi connectivity index (χ3n) is 3.91. The van der Waals surface area contributed by atoms with Crippen LogP contribution in [0.3, 0.4) is 0 Å². The molecule has 2 radical (unpaired) electrons. The summed E-state index contributed by atoms with van der Waals surface area (Å²) >= 11 is 0. The maximum atomic E-state index is 12.1. The van der Waals surface area contributed by atoms with Crippen LogP contribution in [0.1, 0.15) is 26.2 Å². The number of rotatable bonds is 11. The Balaban J connectivity index is 2.72. The van der Waals surface area contributed by atoms with Gasteiger partial charge in [0, 0.05) is 33.7 Å². The first-order valence-corrected chi connectivity index (χ1v) is 8.41. The van der Waals surface area contributed by atoms with Gasteiger partial charge in [0.25, 0.3) is 0 Å². The van der Waals surface area contributed by atoms with Crippen LogP contribution in [0.15, 0.2) is 0 Å². The molecular formula is C16H28BNO7. The minimum atomic E-state index is -0.724. The van der Waals surface area contributed by atoms with Crippen LogP contribution in [0.25, 0.3) is 0 Å². The summed E-state index contributed by atoms with van der Waals surface area (Å²) in [5, 5.41) is 2.46. The molecule has 1 amide bonds. The molecule has 1 aliphatic heterocycles. The van der Waals surface area contributed by atoms with Crippen molar-refractivity contribution in [1.82, 2.24) is 5.32 Å². The summed E-state index contributed by atoms with van der Waals surface area (Å²) in [5.74, 6) is -0.718. The van der Waals surface area contributed by atoms with Crippen molar-refractivity contribution in [1.29, 1.82) is 0 Å². The number of amides is 1. The van der Waals surface area contributed by atoms with Crippen molar-refractivity contribution in [3.63, 3.8) is 0 Å². The van der Waals surface area contributed by atoms with Crippen LogP contribution in [0.4, 0.5) is 0 Å². The lowest BCUT2D eigenvalue weighted by molar-refractivity contribution is -0.163. The average Bonchev–Trinajstić information content (AvgIpc) is 2.88. The molecule has 1 N–H and O–H groups in total. The smallest absolute Gasteiger partial charge is 0.306 e. The van der Waals surface area contributed by atoms with Gasteiger partial charge >= 0.3 is 5.97 Å². The molecular weight excluding hydrogens is 329 g/mol. The van der Waals surface area contributed by atoms with Gasteiger partial charge in [0.15, 0.2) is 6.10 Å². The van der Waals surface area contributed by atoms with Crippen molar-refractivity contribution in [2.24, 2.45) is 0 Å². The van der Waals surface area contributed by atoms with E-state index in [9.17, 15) is 9.59 Å². The lowest BCUT2D eigenvalue weighted by atomic mass is 9.92. The minimum absolute atomic E-state index is 0.0197. The van der Waals surface area contributed by atoms with Crippen LogP contribution in [-0.4, -0.2) is 84.6 Å². The molecule has 1 rings (SSSR count). The van der Waals surface area contributed by atoms with E-state index in [4.69, 9.17) is 31.5 Å². The highest BCUT2D eigenvalue weighted by molar-refractivity contribution is 6.11. The van der Waals surface area contributed by atoms with E-state index in [0.29, 0.717) is 19.6 Å². The fourth-order valence-electron chi connectivity index (χ4n) is 2.65. The Morgan fingerprint density at radius 1 is 1.16 bits per heavy atom. The van der Waals surface area contributed by atoms with Gasteiger partial charge in [0.05, 0.1) is 25.7 Å². The van der Waals surface area contributed by atoms with Gasteiger partial charge in [-0.25, -0.2) is 0 Å². The molecule has 25 heavy (non-hydrogen) atoms. The third kappa shape index (κ3) is 6.93. The lowest BCUT2D eigenvalue weighted by Crippen LogP contribution is -2.43. The maximum Gasteiger partial charge on any atom is 0.306 e. The summed E-state index contributed by atoms with van der Waals surface area (Å²) in [4.78, 5) is 23.3. The predicted molar refractivity (Wildman–Crippen MR) is 90.3 cm³/mol. The van der Waals surface area contributed by atoms with Gasteiger partial charge in [-0.05, 0) is 6.42 Å². The Labute approximate surface area is 150 Å². The number of hydrogen-bond donors (Lipinski definition) is 1. The molecule has 8 nitrogen and oxygen atoms in total. The fraction of sp³-hybridized carbons (Fsp3) is 0.875. The monoisotopic (exact) mass is 357 g/mol. The van der Waals surface area contributed by atoms with Gasteiger partial charge in [-0.2, -0.15) is 0 Å². The zero-order valence-electron chi connectivity index (χ0n) is 15.4. The second-order valence-corrected chi connectivity index (χ2v) is 5.81. The topological polar surface area (TPSA) is 92.3 Å². The Morgan fingerprint density at radius 3 is 2.32 bits per heavy atom. The van der Waals surface area contributed by atoms with Crippen molar-refractivity contribution < 1.29 is 33.3 Å². The predicted octanol–water partition coefficient (Wildman–Crippen LogP) is -0.226. The number of ether oxygens (including phenoxy) is 5. The molecule has 0 bridgehead atoms. The molecule has 4 atom stereocenters. The molecule has 0 aliphatic carbocycles. The molecule has 0 aromatic rings. The molecule has 1 fully saturated rings. The molecule has 142 valence electrons. The highest BCUT2D eigenvalue weighted by Gasteiger charge is 2.45. The van der Waals surface area contributed by atoms with Crippen LogP contribution < -0.4 is 5.32 Å². The van der Waals surface area contributed by atoms with E-state index in [2.05, 4.69) is 5.32 Å². The molecule has 0 aromatic carbocycles. The number of carbonyl (C=O) groups is 2. The first-order valence-electron chi connectivity index (χ1n) is 8.41. The van der Waals surface area contributed by atoms with Crippen molar-refractivity contribution in [2.75, 3.05) is 34.5 Å². The minimum Gasteiger partial charge on any atom is -0.457 e. The van der Waals surface area contributed by atoms with E-state index in [1.807, 2.05) is 6.92 Å². The Hall–Kier alpha value is -1.16. The zero-order valence-corrected chi connectivity index (χ0v) is 15.4. The van der Waals surface area contributed by atoms with E-state index in [1.54, 1.807) is 14.2 Å². The van der Waals surface area contributed by atoms with Gasteiger partial charge in [0.2, 0.25) is 5.91 Å². The molecule has 1 aliphatic rings. The summed E-state index contributed by atoms with van der Waals surface area (Å²) in [6.45, 7) is 2.53. The summed E-state index contributed by atoms with van der Waals surface area (Å²) < 4.78 is 27.3. The third-order valence-corrected chi connectivity index (χ3v) is 3.91.